The Bertz CT molecular complexity index is 1710. The van der Waals surface area contributed by atoms with Crippen LogP contribution in [-0.2, 0) is 17.8 Å². The molecule has 3 aromatic heterocycles. The third-order valence-corrected chi connectivity index (χ3v) is 11.0. The van der Waals surface area contributed by atoms with Crippen LogP contribution in [0.15, 0.2) is 18.5 Å². The van der Waals surface area contributed by atoms with E-state index in [4.69, 9.17) is 15.1 Å². The van der Waals surface area contributed by atoms with Crippen LogP contribution in [0.4, 0.5) is 27.8 Å². The molecule has 3 atom stereocenters. The number of fused-ring (bicyclic) bond motifs is 1. The molecule has 2 saturated carbocycles. The molecule has 266 valence electrons. The fraction of sp³-hybridized carbons (Fsp3) is 0.688. The minimum atomic E-state index is -4.45. The molecule has 49 heavy (non-hydrogen) atoms. The number of carbonyl (C=O) groups excluding carboxylic acids is 2. The van der Waals surface area contributed by atoms with Crippen molar-refractivity contribution >= 4 is 23.4 Å². The summed E-state index contributed by atoms with van der Waals surface area (Å²) in [5.74, 6) is -5.96. The van der Waals surface area contributed by atoms with Crippen LogP contribution in [0.1, 0.15) is 79.8 Å². The Morgan fingerprint density at radius 3 is 2.59 bits per heavy atom. The maximum Gasteiger partial charge on any atom is 0.393 e. The highest BCUT2D eigenvalue weighted by molar-refractivity contribution is 5.92. The van der Waals surface area contributed by atoms with E-state index in [1.807, 2.05) is 6.92 Å². The number of nitrogens with zero attached hydrogens (tertiary/aromatic N) is 8. The molecule has 4 fully saturated rings. The lowest BCUT2D eigenvalue weighted by Gasteiger charge is -2.41. The number of hydrogen-bond acceptors (Lipinski definition) is 8. The number of aryl methyl sites for hydroxylation is 1. The molecule has 4 aliphatic rings. The molecule has 0 radical (unpaired) electrons. The van der Waals surface area contributed by atoms with Gasteiger partial charge in [0.1, 0.15) is 11.4 Å². The summed E-state index contributed by atoms with van der Waals surface area (Å²) in [6.07, 6.45) is -0.0332. The second-order valence-electron chi connectivity index (χ2n) is 14.2. The topological polar surface area (TPSA) is 126 Å². The highest BCUT2D eigenvalue weighted by Crippen LogP contribution is 2.45. The highest BCUT2D eigenvalue weighted by Gasteiger charge is 2.50. The van der Waals surface area contributed by atoms with Crippen LogP contribution in [0, 0.1) is 17.8 Å². The minimum Gasteiger partial charge on any atom is -0.355 e. The first kappa shape index (κ1) is 33.6. The fourth-order valence-electron chi connectivity index (χ4n) is 7.71. The van der Waals surface area contributed by atoms with Crippen LogP contribution in [0.3, 0.4) is 0 Å². The Kier molecular flexibility index (Phi) is 8.54. The van der Waals surface area contributed by atoms with Crippen molar-refractivity contribution in [3.63, 3.8) is 0 Å². The van der Waals surface area contributed by atoms with Crippen LogP contribution in [0.5, 0.6) is 0 Å². The van der Waals surface area contributed by atoms with Crippen LogP contribution in [0.2, 0.25) is 0 Å². The largest absolute Gasteiger partial charge is 0.393 e. The van der Waals surface area contributed by atoms with Crippen molar-refractivity contribution in [2.45, 2.75) is 88.5 Å². The van der Waals surface area contributed by atoms with Crippen molar-refractivity contribution < 1.29 is 31.5 Å². The SMILES string of the molecule is CCn1nccc1C(=O)N[C@H](c1cn2nc(C[C@H]3C[C@@H](C(F)(F)F)CNC3=O)c(N3CCN(C)C4(CC4)C3)nc2n1)C1CCC(F)(F)CC1. The summed E-state index contributed by atoms with van der Waals surface area (Å²) in [6.45, 7) is 3.86. The number of halogens is 5. The second kappa shape index (κ2) is 12.5. The van der Waals surface area contributed by atoms with Gasteiger partial charge in [0, 0.05) is 69.6 Å². The summed E-state index contributed by atoms with van der Waals surface area (Å²) in [7, 11) is 2.08. The molecule has 2 aliphatic carbocycles. The van der Waals surface area contributed by atoms with Gasteiger partial charge in [-0.05, 0) is 58.1 Å². The summed E-state index contributed by atoms with van der Waals surface area (Å²) in [5, 5.41) is 14.4. The molecule has 2 N–H and O–H groups in total. The van der Waals surface area contributed by atoms with E-state index in [1.165, 1.54) is 10.7 Å². The third-order valence-electron chi connectivity index (χ3n) is 11.0. The lowest BCUT2D eigenvalue weighted by atomic mass is 9.81. The molecule has 5 heterocycles. The first-order valence-corrected chi connectivity index (χ1v) is 17.0. The van der Waals surface area contributed by atoms with Crippen molar-refractivity contribution in [3.05, 3.63) is 35.5 Å². The van der Waals surface area contributed by atoms with Crippen molar-refractivity contribution in [1.82, 2.24) is 44.9 Å². The van der Waals surface area contributed by atoms with Gasteiger partial charge in [0.05, 0.1) is 23.9 Å². The molecule has 0 unspecified atom stereocenters. The molecular weight excluding hydrogens is 651 g/mol. The zero-order chi connectivity index (χ0) is 34.7. The summed E-state index contributed by atoms with van der Waals surface area (Å²) in [5.41, 5.74) is 1.07. The summed E-state index contributed by atoms with van der Waals surface area (Å²) in [4.78, 5) is 40.4. The van der Waals surface area contributed by atoms with E-state index < -0.39 is 48.3 Å². The van der Waals surface area contributed by atoms with Gasteiger partial charge in [0.15, 0.2) is 5.82 Å². The lowest BCUT2D eigenvalue weighted by molar-refractivity contribution is -0.183. The van der Waals surface area contributed by atoms with Crippen molar-refractivity contribution in [2.24, 2.45) is 17.8 Å². The van der Waals surface area contributed by atoms with Gasteiger partial charge >= 0.3 is 6.18 Å². The van der Waals surface area contributed by atoms with Crippen molar-refractivity contribution in [1.29, 1.82) is 0 Å². The molecule has 12 nitrogen and oxygen atoms in total. The molecule has 1 spiro atoms. The zero-order valence-electron chi connectivity index (χ0n) is 27.5. The quantitative estimate of drug-likeness (QED) is 0.342. The number of piperazine rings is 1. The molecule has 2 amide bonds. The third kappa shape index (κ3) is 6.69. The number of anilines is 1. The number of hydrogen-bond donors (Lipinski definition) is 2. The molecule has 17 heteroatoms. The van der Waals surface area contributed by atoms with Gasteiger partial charge in [0.25, 0.3) is 11.7 Å². The first-order valence-electron chi connectivity index (χ1n) is 17.0. The van der Waals surface area contributed by atoms with E-state index >= 15 is 0 Å². The van der Waals surface area contributed by atoms with Crippen LogP contribution in [-0.4, -0.2) is 96.9 Å². The summed E-state index contributed by atoms with van der Waals surface area (Å²) < 4.78 is 72.5. The molecule has 0 bridgehead atoms. The van der Waals surface area contributed by atoms with Crippen LogP contribution >= 0.6 is 0 Å². The molecule has 0 aromatic carbocycles. The normalized spacial score (nSPS) is 25.0. The monoisotopic (exact) mass is 692 g/mol. The van der Waals surface area contributed by atoms with E-state index in [-0.39, 0.29) is 55.8 Å². The van der Waals surface area contributed by atoms with Crippen molar-refractivity contribution in [2.75, 3.05) is 38.1 Å². The minimum absolute atomic E-state index is 0.0169. The van der Waals surface area contributed by atoms with Gasteiger partial charge < -0.3 is 15.5 Å². The van der Waals surface area contributed by atoms with E-state index in [9.17, 15) is 31.5 Å². The maximum absolute atomic E-state index is 14.2. The van der Waals surface area contributed by atoms with E-state index in [2.05, 4.69) is 32.6 Å². The molecular formula is C32H41F5N10O2. The van der Waals surface area contributed by atoms with Gasteiger partial charge in [-0.2, -0.15) is 28.4 Å². The Labute approximate surface area is 279 Å². The number of alkyl halides is 5. The Morgan fingerprint density at radius 2 is 1.90 bits per heavy atom. The average Bonchev–Trinajstić information content (AvgIpc) is 3.45. The number of piperidine rings is 1. The molecule has 3 aromatic rings. The number of nitrogens with one attached hydrogen (secondary N) is 2. The first-order chi connectivity index (χ1) is 23.2. The number of likely N-dealkylation sites (N-methyl/N-ethyl adjacent to an activating group) is 1. The highest BCUT2D eigenvalue weighted by atomic mass is 19.4. The number of amides is 2. The van der Waals surface area contributed by atoms with E-state index in [0.29, 0.717) is 42.5 Å². The number of aromatic nitrogens is 6. The van der Waals surface area contributed by atoms with Crippen LogP contribution in [0.25, 0.3) is 5.78 Å². The number of carbonyl (C=O) groups is 2. The van der Waals surface area contributed by atoms with E-state index in [1.54, 1.807) is 16.9 Å². The molecule has 2 aliphatic heterocycles. The molecule has 2 saturated heterocycles. The van der Waals surface area contributed by atoms with Gasteiger partial charge in [-0.1, -0.05) is 0 Å². The van der Waals surface area contributed by atoms with Gasteiger partial charge in [0.2, 0.25) is 11.8 Å². The summed E-state index contributed by atoms with van der Waals surface area (Å²) in [6, 6.07) is 0.846. The number of rotatable bonds is 8. The Morgan fingerprint density at radius 1 is 1.14 bits per heavy atom. The summed E-state index contributed by atoms with van der Waals surface area (Å²) >= 11 is 0. The molecule has 7 rings (SSSR count). The van der Waals surface area contributed by atoms with Gasteiger partial charge in [-0.25, -0.2) is 18.3 Å². The van der Waals surface area contributed by atoms with E-state index in [0.717, 1.165) is 19.4 Å². The van der Waals surface area contributed by atoms with Gasteiger partial charge in [-0.3, -0.25) is 19.2 Å². The standard InChI is InChI=1S/C32H41F5N10O2/c1-3-46-24(6-11-39-46)28(49)41-25(19-4-7-31(33,34)8-5-19)23-17-47-29(40-23)42-26(45-13-12-44(2)30(18-45)9-10-30)22(43-47)15-20-14-21(32(35,36)37)16-38-27(20)48/h6,11,17,19-21,25H,3-5,7-10,12-16,18H2,1-2H3,(H,38,48)(H,41,49)/t20-,21-,25+/m1/s1. The average molecular weight is 693 g/mol. The smallest absolute Gasteiger partial charge is 0.355 e. The van der Waals surface area contributed by atoms with Crippen molar-refractivity contribution in [3.8, 4) is 0 Å². The fourth-order valence-corrected chi connectivity index (χ4v) is 7.71. The predicted molar refractivity (Wildman–Crippen MR) is 167 cm³/mol. The zero-order valence-corrected chi connectivity index (χ0v) is 27.5. The number of imidazole rings is 1. The predicted octanol–water partition coefficient (Wildman–Crippen LogP) is 3.78. The van der Waals surface area contributed by atoms with Crippen LogP contribution < -0.4 is 15.5 Å². The second-order valence-corrected chi connectivity index (χ2v) is 14.2. The maximum atomic E-state index is 14.2. The van der Waals surface area contributed by atoms with Gasteiger partial charge in [-0.15, -0.1) is 0 Å². The Hall–Kier alpha value is -3.89. The Balaban J connectivity index is 1.25. The lowest BCUT2D eigenvalue weighted by Crippen LogP contribution is -2.54.